The second kappa shape index (κ2) is 11.9. The molecule has 1 amide bonds. The highest BCUT2D eigenvalue weighted by Gasteiger charge is 2.30. The Balaban J connectivity index is 1.66. The van der Waals surface area contributed by atoms with Crippen LogP contribution in [0.15, 0.2) is 35.1 Å². The minimum Gasteiger partial charge on any atom is -0.487 e. The van der Waals surface area contributed by atoms with E-state index in [0.717, 1.165) is 75.7 Å². The maximum atomic E-state index is 13.8. The van der Waals surface area contributed by atoms with Crippen molar-refractivity contribution >= 4 is 5.91 Å². The highest BCUT2D eigenvalue weighted by molar-refractivity contribution is 5.95. The van der Waals surface area contributed by atoms with Crippen molar-refractivity contribution in [3.63, 3.8) is 0 Å². The van der Waals surface area contributed by atoms with E-state index >= 15 is 0 Å². The normalized spacial score (nSPS) is 16.3. The van der Waals surface area contributed by atoms with Crippen LogP contribution in [0.4, 0.5) is 0 Å². The molecule has 0 atom stereocenters. The lowest BCUT2D eigenvalue weighted by atomic mass is 10.1. The minimum absolute atomic E-state index is 0.161. The van der Waals surface area contributed by atoms with Gasteiger partial charge in [0.25, 0.3) is 5.91 Å². The van der Waals surface area contributed by atoms with Gasteiger partial charge < -0.3 is 18.9 Å². The van der Waals surface area contributed by atoms with Gasteiger partial charge in [-0.25, -0.2) is 0 Å². The number of benzene rings is 1. The van der Waals surface area contributed by atoms with Crippen molar-refractivity contribution in [2.45, 2.75) is 53.2 Å². The van der Waals surface area contributed by atoms with E-state index in [1.54, 1.807) is 6.07 Å². The fourth-order valence-corrected chi connectivity index (χ4v) is 4.69. The van der Waals surface area contributed by atoms with Crippen LogP contribution in [0.5, 0.6) is 5.75 Å². The summed E-state index contributed by atoms with van der Waals surface area (Å²) in [4.78, 5) is 31.3. The van der Waals surface area contributed by atoms with Crippen molar-refractivity contribution in [2.75, 3.05) is 45.9 Å². The fourth-order valence-electron chi connectivity index (χ4n) is 4.69. The quantitative estimate of drug-likeness (QED) is 0.490. The Morgan fingerprint density at radius 1 is 1.11 bits per heavy atom. The molecule has 0 N–H and O–H groups in total. The monoisotopic (exact) mass is 481 g/mol. The maximum Gasteiger partial charge on any atom is 0.259 e. The van der Waals surface area contributed by atoms with Crippen molar-refractivity contribution in [3.8, 4) is 5.75 Å². The molecule has 0 unspecified atom stereocenters. The largest absolute Gasteiger partial charge is 0.487 e. The van der Waals surface area contributed by atoms with Crippen LogP contribution in [0.3, 0.4) is 0 Å². The molecule has 7 heteroatoms. The number of morpholine rings is 1. The molecule has 1 aliphatic heterocycles. The number of carbonyl (C=O) groups excluding carboxylic acids is 1. The van der Waals surface area contributed by atoms with Gasteiger partial charge in [0.2, 0.25) is 0 Å². The summed E-state index contributed by atoms with van der Waals surface area (Å²) < 4.78 is 13.7. The first-order valence-electron chi connectivity index (χ1n) is 13.0. The van der Waals surface area contributed by atoms with Gasteiger partial charge in [-0.05, 0) is 51.2 Å². The number of rotatable bonds is 11. The van der Waals surface area contributed by atoms with Crippen LogP contribution in [0, 0.1) is 19.8 Å². The van der Waals surface area contributed by atoms with Crippen LogP contribution >= 0.6 is 0 Å². The molecular formula is C28H39N3O4. The van der Waals surface area contributed by atoms with Crippen LogP contribution in [-0.2, 0) is 17.9 Å². The van der Waals surface area contributed by atoms with Crippen LogP contribution in [0.1, 0.15) is 53.5 Å². The zero-order chi connectivity index (χ0) is 24.8. The Labute approximate surface area is 208 Å². The summed E-state index contributed by atoms with van der Waals surface area (Å²) in [6.07, 6.45) is 3.19. The first-order chi connectivity index (χ1) is 17.0. The smallest absolute Gasteiger partial charge is 0.259 e. The number of ether oxygens (including phenoxy) is 2. The number of pyridine rings is 1. The summed E-state index contributed by atoms with van der Waals surface area (Å²) in [6, 6.07) is 9.48. The number of hydrogen-bond donors (Lipinski definition) is 0. The molecule has 0 spiro atoms. The summed E-state index contributed by atoms with van der Waals surface area (Å²) in [6.45, 7) is 12.4. The van der Waals surface area contributed by atoms with Gasteiger partial charge in [0.1, 0.15) is 17.9 Å². The Kier molecular flexibility index (Phi) is 8.63. The molecule has 2 fully saturated rings. The zero-order valence-electron chi connectivity index (χ0n) is 21.4. The van der Waals surface area contributed by atoms with E-state index in [1.807, 2.05) is 43.0 Å². The van der Waals surface area contributed by atoms with Gasteiger partial charge in [0.05, 0.1) is 18.9 Å². The van der Waals surface area contributed by atoms with Crippen LogP contribution in [0.2, 0.25) is 0 Å². The third-order valence-electron chi connectivity index (χ3n) is 6.94. The zero-order valence-corrected chi connectivity index (χ0v) is 21.4. The molecule has 1 saturated carbocycles. The molecule has 190 valence electrons. The third kappa shape index (κ3) is 6.73. The molecule has 0 bridgehead atoms. The maximum absolute atomic E-state index is 13.8. The molecule has 2 heterocycles. The lowest BCUT2D eigenvalue weighted by Gasteiger charge is -2.29. The van der Waals surface area contributed by atoms with E-state index in [1.165, 1.54) is 0 Å². The average Bonchev–Trinajstić information content (AvgIpc) is 3.67. The lowest BCUT2D eigenvalue weighted by Crippen LogP contribution is -2.40. The number of aryl methyl sites for hydroxylation is 2. The molecule has 1 aromatic heterocycles. The second-order valence-corrected chi connectivity index (χ2v) is 9.87. The van der Waals surface area contributed by atoms with Gasteiger partial charge in [-0.1, -0.05) is 24.6 Å². The number of amides is 1. The van der Waals surface area contributed by atoms with Gasteiger partial charge in [0, 0.05) is 51.0 Å². The number of hydrogen-bond acceptors (Lipinski definition) is 5. The second-order valence-electron chi connectivity index (χ2n) is 9.87. The van der Waals surface area contributed by atoms with E-state index in [2.05, 4.69) is 16.4 Å². The highest BCUT2D eigenvalue weighted by Crippen LogP contribution is 2.30. The molecule has 2 aliphatic rings. The molecule has 35 heavy (non-hydrogen) atoms. The SMILES string of the molecule is CCCN(CC1CC1)C(=O)c1c(COc2ccc(C)cc2)n(CCN2CCOCC2)c(C)cc1=O. The molecule has 7 nitrogen and oxygen atoms in total. The number of nitrogens with zero attached hydrogens (tertiary/aromatic N) is 3. The summed E-state index contributed by atoms with van der Waals surface area (Å²) in [5, 5.41) is 0. The summed E-state index contributed by atoms with van der Waals surface area (Å²) in [7, 11) is 0. The van der Waals surface area contributed by atoms with Crippen molar-refractivity contribution in [2.24, 2.45) is 5.92 Å². The lowest BCUT2D eigenvalue weighted by molar-refractivity contribution is 0.0361. The van der Waals surface area contributed by atoms with Gasteiger partial charge in [0.15, 0.2) is 5.43 Å². The van der Waals surface area contributed by atoms with Crippen molar-refractivity contribution in [1.82, 2.24) is 14.4 Å². The Hall–Kier alpha value is -2.64. The van der Waals surface area contributed by atoms with Crippen molar-refractivity contribution in [1.29, 1.82) is 0 Å². The van der Waals surface area contributed by atoms with Gasteiger partial charge >= 0.3 is 0 Å². The predicted molar refractivity (Wildman–Crippen MR) is 137 cm³/mol. The summed E-state index contributed by atoms with van der Waals surface area (Å²) in [5.74, 6) is 1.13. The number of aromatic nitrogens is 1. The van der Waals surface area contributed by atoms with E-state index in [-0.39, 0.29) is 23.5 Å². The highest BCUT2D eigenvalue weighted by atomic mass is 16.5. The van der Waals surface area contributed by atoms with Crippen LogP contribution in [-0.4, -0.2) is 66.2 Å². The van der Waals surface area contributed by atoms with Crippen molar-refractivity contribution in [3.05, 3.63) is 63.1 Å². The Morgan fingerprint density at radius 3 is 2.49 bits per heavy atom. The average molecular weight is 482 g/mol. The predicted octanol–water partition coefficient (Wildman–Crippen LogP) is 3.64. The molecule has 0 radical (unpaired) electrons. The van der Waals surface area contributed by atoms with Gasteiger partial charge in [-0.15, -0.1) is 0 Å². The van der Waals surface area contributed by atoms with E-state index in [4.69, 9.17) is 9.47 Å². The Morgan fingerprint density at radius 2 is 1.83 bits per heavy atom. The molecule has 1 saturated heterocycles. The Bertz CT molecular complexity index is 1050. The third-order valence-corrected chi connectivity index (χ3v) is 6.94. The van der Waals surface area contributed by atoms with E-state index < -0.39 is 0 Å². The first-order valence-corrected chi connectivity index (χ1v) is 13.0. The molecule has 4 rings (SSSR count). The van der Waals surface area contributed by atoms with E-state index in [9.17, 15) is 9.59 Å². The molecule has 2 aromatic rings. The molecule has 1 aliphatic carbocycles. The van der Waals surface area contributed by atoms with Crippen LogP contribution < -0.4 is 10.2 Å². The summed E-state index contributed by atoms with van der Waals surface area (Å²) >= 11 is 0. The van der Waals surface area contributed by atoms with Crippen LogP contribution in [0.25, 0.3) is 0 Å². The molecular weight excluding hydrogens is 442 g/mol. The van der Waals surface area contributed by atoms with E-state index in [0.29, 0.717) is 24.7 Å². The topological polar surface area (TPSA) is 64.0 Å². The van der Waals surface area contributed by atoms with Gasteiger partial charge in [-0.2, -0.15) is 0 Å². The van der Waals surface area contributed by atoms with Gasteiger partial charge in [-0.3, -0.25) is 14.5 Å². The standard InChI is InChI=1S/C28H39N3O4/c1-4-11-30(19-23-7-8-23)28(33)27-25(20-35-24-9-5-21(2)6-10-24)31(22(3)18-26(27)32)13-12-29-14-16-34-17-15-29/h5-6,9-10,18,23H,4,7-8,11-17,19-20H2,1-3H3. The summed E-state index contributed by atoms with van der Waals surface area (Å²) in [5.41, 5.74) is 2.73. The van der Waals surface area contributed by atoms with Crippen molar-refractivity contribution < 1.29 is 14.3 Å². The molecule has 1 aromatic carbocycles. The number of carbonyl (C=O) groups is 1. The first kappa shape index (κ1) is 25.5. The fraction of sp³-hybridized carbons (Fsp3) is 0.571. The minimum atomic E-state index is -0.213.